The van der Waals surface area contributed by atoms with Gasteiger partial charge in [-0.2, -0.15) is 4.39 Å². The summed E-state index contributed by atoms with van der Waals surface area (Å²) in [6.07, 6.45) is 1.60. The van der Waals surface area contributed by atoms with Crippen LogP contribution in [-0.4, -0.2) is 4.98 Å². The zero-order chi connectivity index (χ0) is 13.0. The molecule has 2 rings (SSSR count). The Hall–Kier alpha value is -2.01. The molecule has 0 aliphatic rings. The van der Waals surface area contributed by atoms with Crippen molar-refractivity contribution in [1.82, 2.24) is 4.98 Å². The lowest BCUT2D eigenvalue weighted by Gasteiger charge is -2.08. The van der Waals surface area contributed by atoms with Gasteiger partial charge in [0.1, 0.15) is 6.61 Å². The van der Waals surface area contributed by atoms with Crippen molar-refractivity contribution < 1.29 is 13.5 Å². The lowest BCUT2D eigenvalue weighted by molar-refractivity contribution is 0.284. The van der Waals surface area contributed by atoms with E-state index in [1.54, 1.807) is 18.3 Å². The van der Waals surface area contributed by atoms with Crippen LogP contribution in [0.5, 0.6) is 5.75 Å². The minimum absolute atomic E-state index is 0.110. The number of pyridine rings is 1. The van der Waals surface area contributed by atoms with E-state index in [1.807, 2.05) is 0 Å². The molecular weight excluding hydrogens is 238 g/mol. The average Bonchev–Trinajstić information content (AvgIpc) is 2.41. The largest absolute Gasteiger partial charge is 0.486 e. The summed E-state index contributed by atoms with van der Waals surface area (Å²) in [6, 6.07) is 7.31. The molecule has 1 aromatic heterocycles. The molecule has 0 saturated heterocycles. The Morgan fingerprint density at radius 1 is 1.22 bits per heavy atom. The van der Waals surface area contributed by atoms with Crippen LogP contribution in [0.4, 0.5) is 8.78 Å². The molecule has 0 radical (unpaired) electrons. The third-order valence-corrected chi connectivity index (χ3v) is 2.40. The van der Waals surface area contributed by atoms with Crippen LogP contribution in [0.15, 0.2) is 36.5 Å². The normalized spacial score (nSPS) is 10.4. The molecular formula is C13H12F2N2O. The Labute approximate surface area is 103 Å². The van der Waals surface area contributed by atoms with E-state index in [0.29, 0.717) is 6.54 Å². The van der Waals surface area contributed by atoms with Crippen molar-refractivity contribution in [2.75, 3.05) is 0 Å². The predicted octanol–water partition coefficient (Wildman–Crippen LogP) is 2.40. The lowest BCUT2D eigenvalue weighted by atomic mass is 10.2. The average molecular weight is 250 g/mol. The number of hydrogen-bond donors (Lipinski definition) is 1. The summed E-state index contributed by atoms with van der Waals surface area (Å²) < 4.78 is 31.5. The summed E-state index contributed by atoms with van der Waals surface area (Å²) in [5, 5.41) is 0. The molecule has 0 bridgehead atoms. The molecule has 1 aromatic carbocycles. The Kier molecular flexibility index (Phi) is 3.84. The van der Waals surface area contributed by atoms with Gasteiger partial charge in [0.05, 0.1) is 5.69 Å². The molecule has 0 aliphatic carbocycles. The van der Waals surface area contributed by atoms with Gasteiger partial charge < -0.3 is 10.5 Å². The molecule has 0 amide bonds. The molecule has 0 fully saturated rings. The van der Waals surface area contributed by atoms with Crippen molar-refractivity contribution >= 4 is 0 Å². The summed E-state index contributed by atoms with van der Waals surface area (Å²) in [5.41, 5.74) is 6.98. The molecule has 5 heteroatoms. The van der Waals surface area contributed by atoms with E-state index in [2.05, 4.69) is 4.98 Å². The van der Waals surface area contributed by atoms with Gasteiger partial charge in [0.2, 0.25) is 5.82 Å². The third-order valence-electron chi connectivity index (χ3n) is 2.40. The number of aromatic nitrogens is 1. The zero-order valence-corrected chi connectivity index (χ0v) is 9.57. The maximum Gasteiger partial charge on any atom is 0.200 e. The number of ether oxygens (including phenoxy) is 1. The molecule has 94 valence electrons. The molecule has 2 N–H and O–H groups in total. The Morgan fingerprint density at radius 2 is 2.06 bits per heavy atom. The van der Waals surface area contributed by atoms with E-state index in [1.165, 1.54) is 12.1 Å². The van der Waals surface area contributed by atoms with Crippen LogP contribution in [0.2, 0.25) is 0 Å². The van der Waals surface area contributed by atoms with Crippen molar-refractivity contribution in [3.05, 3.63) is 59.4 Å². The number of rotatable bonds is 4. The first-order valence-electron chi connectivity index (χ1n) is 5.41. The van der Waals surface area contributed by atoms with Gasteiger partial charge >= 0.3 is 0 Å². The topological polar surface area (TPSA) is 48.1 Å². The van der Waals surface area contributed by atoms with E-state index in [9.17, 15) is 8.78 Å². The lowest BCUT2D eigenvalue weighted by Crippen LogP contribution is -2.03. The summed E-state index contributed by atoms with van der Waals surface area (Å²) in [6.45, 7) is 0.456. The molecule has 0 aliphatic heterocycles. The van der Waals surface area contributed by atoms with Gasteiger partial charge in [-0.25, -0.2) is 4.39 Å². The van der Waals surface area contributed by atoms with Crippen molar-refractivity contribution in [2.24, 2.45) is 5.73 Å². The maximum atomic E-state index is 13.3. The standard InChI is InChI=1S/C13H12F2N2O/c14-11-2-1-3-12(13(11)15)18-8-9-4-5-17-10(6-9)7-16/h1-6H,7-8,16H2. The second-order valence-corrected chi connectivity index (χ2v) is 3.70. The van der Waals surface area contributed by atoms with Crippen LogP contribution in [0.3, 0.4) is 0 Å². The molecule has 1 heterocycles. The number of halogens is 2. The number of nitrogens with zero attached hydrogens (tertiary/aromatic N) is 1. The Morgan fingerprint density at radius 3 is 2.83 bits per heavy atom. The van der Waals surface area contributed by atoms with E-state index < -0.39 is 11.6 Å². The predicted molar refractivity (Wildman–Crippen MR) is 62.8 cm³/mol. The van der Waals surface area contributed by atoms with Crippen molar-refractivity contribution in [3.8, 4) is 5.75 Å². The van der Waals surface area contributed by atoms with Crippen molar-refractivity contribution in [2.45, 2.75) is 13.2 Å². The monoisotopic (exact) mass is 250 g/mol. The summed E-state index contributed by atoms with van der Waals surface area (Å²) in [4.78, 5) is 4.03. The van der Waals surface area contributed by atoms with Crippen LogP contribution < -0.4 is 10.5 Å². The number of benzene rings is 1. The highest BCUT2D eigenvalue weighted by Crippen LogP contribution is 2.20. The molecule has 18 heavy (non-hydrogen) atoms. The maximum absolute atomic E-state index is 13.3. The van der Waals surface area contributed by atoms with Gasteiger partial charge in [-0.05, 0) is 29.8 Å². The van der Waals surface area contributed by atoms with Crippen molar-refractivity contribution in [3.63, 3.8) is 0 Å². The smallest absolute Gasteiger partial charge is 0.200 e. The first kappa shape index (κ1) is 12.4. The van der Waals surface area contributed by atoms with E-state index >= 15 is 0 Å². The highest BCUT2D eigenvalue weighted by Gasteiger charge is 2.08. The summed E-state index contributed by atoms with van der Waals surface area (Å²) in [7, 11) is 0. The first-order chi connectivity index (χ1) is 8.70. The van der Waals surface area contributed by atoms with Crippen LogP contribution in [0, 0.1) is 11.6 Å². The van der Waals surface area contributed by atoms with Gasteiger partial charge in [0.15, 0.2) is 11.6 Å². The third kappa shape index (κ3) is 2.81. The molecule has 0 unspecified atom stereocenters. The first-order valence-corrected chi connectivity index (χ1v) is 5.41. The second kappa shape index (κ2) is 5.55. The SMILES string of the molecule is NCc1cc(COc2cccc(F)c2F)ccn1. The fraction of sp³-hybridized carbons (Fsp3) is 0.154. The Balaban J connectivity index is 2.09. The van der Waals surface area contributed by atoms with Gasteiger partial charge in [-0.1, -0.05) is 6.07 Å². The highest BCUT2D eigenvalue weighted by atomic mass is 19.2. The highest BCUT2D eigenvalue weighted by molar-refractivity contribution is 5.26. The molecule has 3 nitrogen and oxygen atoms in total. The minimum Gasteiger partial charge on any atom is -0.486 e. The quantitative estimate of drug-likeness (QED) is 0.906. The van der Waals surface area contributed by atoms with Crippen LogP contribution in [0.25, 0.3) is 0 Å². The summed E-state index contributed by atoms with van der Waals surface area (Å²) in [5.74, 6) is -2.02. The fourth-order valence-corrected chi connectivity index (χ4v) is 1.49. The van der Waals surface area contributed by atoms with Gasteiger partial charge in [0.25, 0.3) is 0 Å². The minimum atomic E-state index is -0.981. The zero-order valence-electron chi connectivity index (χ0n) is 9.57. The van der Waals surface area contributed by atoms with E-state index in [-0.39, 0.29) is 12.4 Å². The fourth-order valence-electron chi connectivity index (χ4n) is 1.49. The molecule has 0 atom stereocenters. The van der Waals surface area contributed by atoms with Crippen LogP contribution >= 0.6 is 0 Å². The molecule has 0 saturated carbocycles. The van der Waals surface area contributed by atoms with Crippen molar-refractivity contribution in [1.29, 1.82) is 0 Å². The molecule has 2 aromatic rings. The van der Waals surface area contributed by atoms with Crippen LogP contribution in [-0.2, 0) is 13.2 Å². The van der Waals surface area contributed by atoms with Gasteiger partial charge in [0, 0.05) is 12.7 Å². The van der Waals surface area contributed by atoms with Crippen LogP contribution in [0.1, 0.15) is 11.3 Å². The van der Waals surface area contributed by atoms with E-state index in [0.717, 1.165) is 17.3 Å². The number of nitrogens with two attached hydrogens (primary N) is 1. The Bertz CT molecular complexity index is 546. The summed E-state index contributed by atoms with van der Waals surface area (Å²) >= 11 is 0. The second-order valence-electron chi connectivity index (χ2n) is 3.70. The molecule has 0 spiro atoms. The van der Waals surface area contributed by atoms with Gasteiger partial charge in [-0.3, -0.25) is 4.98 Å². The van der Waals surface area contributed by atoms with Gasteiger partial charge in [-0.15, -0.1) is 0 Å². The number of hydrogen-bond acceptors (Lipinski definition) is 3. The van der Waals surface area contributed by atoms with E-state index in [4.69, 9.17) is 10.5 Å².